The molecule has 1 amide bonds. The molecule has 0 saturated heterocycles. The van der Waals surface area contributed by atoms with Crippen molar-refractivity contribution >= 4 is 11.9 Å². The van der Waals surface area contributed by atoms with Crippen LogP contribution in [0.1, 0.15) is 26.2 Å². The molecule has 0 bridgehead atoms. The van der Waals surface area contributed by atoms with Crippen LogP contribution >= 0.6 is 0 Å². The molecule has 1 saturated carbocycles. The van der Waals surface area contributed by atoms with Crippen molar-refractivity contribution in [1.82, 2.24) is 10.6 Å². The molecule has 0 aromatic carbocycles. The first kappa shape index (κ1) is 12.0. The minimum Gasteiger partial charge on any atom is -0.481 e. The summed E-state index contributed by atoms with van der Waals surface area (Å²) < 4.78 is 0. The zero-order valence-electron chi connectivity index (χ0n) is 9.17. The summed E-state index contributed by atoms with van der Waals surface area (Å²) in [6.07, 6.45) is 2.26. The molecule has 0 aliphatic heterocycles. The van der Waals surface area contributed by atoms with Crippen LogP contribution in [0.3, 0.4) is 0 Å². The lowest BCUT2D eigenvalue weighted by Crippen LogP contribution is -2.50. The highest BCUT2D eigenvalue weighted by Gasteiger charge is 2.44. The molecule has 86 valence electrons. The Labute approximate surface area is 89.2 Å². The molecule has 0 radical (unpaired) electrons. The minimum absolute atomic E-state index is 0.148. The van der Waals surface area contributed by atoms with Gasteiger partial charge in [0.2, 0.25) is 5.91 Å². The molecule has 0 aromatic rings. The lowest BCUT2D eigenvalue weighted by molar-refractivity contribution is -0.154. The Kier molecular flexibility index (Phi) is 3.68. The highest BCUT2D eigenvalue weighted by molar-refractivity contribution is 5.82. The molecule has 15 heavy (non-hydrogen) atoms. The van der Waals surface area contributed by atoms with E-state index in [1.807, 2.05) is 0 Å². The van der Waals surface area contributed by atoms with Crippen molar-refractivity contribution in [3.8, 4) is 0 Å². The molecule has 0 heterocycles. The average molecular weight is 214 g/mol. The summed E-state index contributed by atoms with van der Waals surface area (Å²) in [6, 6.07) is -0.282. The standard InChI is InChI=1S/C10H18N2O3/c1-7(11-2)8(13)12-6-10(9(14)15)4-3-5-10/h7,11H,3-6H2,1-2H3,(H,12,13)(H,14,15). The Hall–Kier alpha value is -1.10. The van der Waals surface area contributed by atoms with Gasteiger partial charge in [-0.25, -0.2) is 0 Å². The topological polar surface area (TPSA) is 78.4 Å². The monoisotopic (exact) mass is 214 g/mol. The van der Waals surface area contributed by atoms with Crippen molar-refractivity contribution < 1.29 is 14.7 Å². The van der Waals surface area contributed by atoms with Gasteiger partial charge in [-0.1, -0.05) is 6.42 Å². The number of nitrogens with one attached hydrogen (secondary N) is 2. The molecule has 1 rings (SSSR count). The van der Waals surface area contributed by atoms with Gasteiger partial charge in [-0.15, -0.1) is 0 Å². The second-order valence-corrected chi connectivity index (χ2v) is 4.17. The Morgan fingerprint density at radius 3 is 2.40 bits per heavy atom. The Bertz CT molecular complexity index is 261. The quantitative estimate of drug-likeness (QED) is 0.600. The molecule has 1 aliphatic rings. The fourth-order valence-corrected chi connectivity index (χ4v) is 1.61. The van der Waals surface area contributed by atoms with Gasteiger partial charge in [0.1, 0.15) is 0 Å². The van der Waals surface area contributed by atoms with Gasteiger partial charge in [-0.2, -0.15) is 0 Å². The van der Waals surface area contributed by atoms with Crippen LogP contribution in [-0.4, -0.2) is 36.6 Å². The van der Waals surface area contributed by atoms with E-state index in [4.69, 9.17) is 5.11 Å². The van der Waals surface area contributed by atoms with Gasteiger partial charge in [0.25, 0.3) is 0 Å². The van der Waals surface area contributed by atoms with Crippen LogP contribution in [0.2, 0.25) is 0 Å². The van der Waals surface area contributed by atoms with E-state index < -0.39 is 11.4 Å². The van der Waals surface area contributed by atoms with Crippen LogP contribution in [0.4, 0.5) is 0 Å². The van der Waals surface area contributed by atoms with E-state index in [0.29, 0.717) is 12.8 Å². The fraction of sp³-hybridized carbons (Fsp3) is 0.800. The summed E-state index contributed by atoms with van der Waals surface area (Å²) in [4.78, 5) is 22.4. The summed E-state index contributed by atoms with van der Waals surface area (Å²) in [6.45, 7) is 1.98. The van der Waals surface area contributed by atoms with Crippen LogP contribution in [0.25, 0.3) is 0 Å². The van der Waals surface area contributed by atoms with Crippen molar-refractivity contribution in [3.05, 3.63) is 0 Å². The first-order valence-electron chi connectivity index (χ1n) is 5.20. The molecule has 5 nitrogen and oxygen atoms in total. The average Bonchev–Trinajstić information content (AvgIpc) is 2.14. The minimum atomic E-state index is -0.800. The third-order valence-corrected chi connectivity index (χ3v) is 3.19. The van der Waals surface area contributed by atoms with Gasteiger partial charge in [0.05, 0.1) is 11.5 Å². The molecule has 0 aromatic heterocycles. The number of carbonyl (C=O) groups excluding carboxylic acids is 1. The van der Waals surface area contributed by atoms with Crippen LogP contribution in [0.5, 0.6) is 0 Å². The van der Waals surface area contributed by atoms with Crippen molar-refractivity contribution in [2.45, 2.75) is 32.2 Å². The zero-order chi connectivity index (χ0) is 11.5. The lowest BCUT2D eigenvalue weighted by atomic mass is 9.69. The molecule has 0 spiro atoms. The van der Waals surface area contributed by atoms with E-state index in [-0.39, 0.29) is 18.5 Å². The maximum atomic E-state index is 11.4. The number of rotatable bonds is 5. The van der Waals surface area contributed by atoms with Crippen molar-refractivity contribution in [3.63, 3.8) is 0 Å². The molecule has 3 N–H and O–H groups in total. The highest BCUT2D eigenvalue weighted by atomic mass is 16.4. The van der Waals surface area contributed by atoms with Crippen molar-refractivity contribution in [1.29, 1.82) is 0 Å². The zero-order valence-corrected chi connectivity index (χ0v) is 9.17. The highest BCUT2D eigenvalue weighted by Crippen LogP contribution is 2.40. The van der Waals surface area contributed by atoms with E-state index >= 15 is 0 Å². The maximum absolute atomic E-state index is 11.4. The summed E-state index contributed by atoms with van der Waals surface area (Å²) in [7, 11) is 1.69. The number of carbonyl (C=O) groups is 2. The molecule has 1 unspecified atom stereocenters. The smallest absolute Gasteiger partial charge is 0.311 e. The van der Waals surface area contributed by atoms with E-state index in [1.165, 1.54) is 0 Å². The van der Waals surface area contributed by atoms with Crippen molar-refractivity contribution in [2.75, 3.05) is 13.6 Å². The number of carboxylic acid groups (broad SMARTS) is 1. The van der Waals surface area contributed by atoms with Crippen LogP contribution in [0, 0.1) is 5.41 Å². The van der Waals surface area contributed by atoms with E-state index in [2.05, 4.69) is 10.6 Å². The SMILES string of the molecule is CNC(C)C(=O)NCC1(C(=O)O)CCC1. The molecule has 1 aliphatic carbocycles. The van der Waals surface area contributed by atoms with Gasteiger partial charge >= 0.3 is 5.97 Å². The fourth-order valence-electron chi connectivity index (χ4n) is 1.61. The first-order chi connectivity index (χ1) is 7.02. The third-order valence-electron chi connectivity index (χ3n) is 3.19. The summed E-state index contributed by atoms with van der Waals surface area (Å²) in [5, 5.41) is 14.5. The number of hydrogen-bond donors (Lipinski definition) is 3. The molecule has 5 heteroatoms. The van der Waals surface area contributed by atoms with Gasteiger partial charge < -0.3 is 15.7 Å². The van der Waals surface area contributed by atoms with E-state index in [9.17, 15) is 9.59 Å². The molecule has 1 atom stereocenters. The maximum Gasteiger partial charge on any atom is 0.311 e. The number of likely N-dealkylation sites (N-methyl/N-ethyl adjacent to an activating group) is 1. The van der Waals surface area contributed by atoms with Gasteiger partial charge in [-0.05, 0) is 26.8 Å². The third kappa shape index (κ3) is 2.47. The first-order valence-corrected chi connectivity index (χ1v) is 5.20. The van der Waals surface area contributed by atoms with E-state index in [1.54, 1.807) is 14.0 Å². The Morgan fingerprint density at radius 1 is 1.47 bits per heavy atom. The van der Waals surface area contributed by atoms with Crippen LogP contribution < -0.4 is 10.6 Å². The van der Waals surface area contributed by atoms with Crippen molar-refractivity contribution in [2.24, 2.45) is 5.41 Å². The van der Waals surface area contributed by atoms with E-state index in [0.717, 1.165) is 6.42 Å². The van der Waals surface area contributed by atoms with Gasteiger partial charge in [0, 0.05) is 6.54 Å². The van der Waals surface area contributed by atoms with Gasteiger partial charge in [-0.3, -0.25) is 9.59 Å². The summed E-state index contributed by atoms with van der Waals surface area (Å²) >= 11 is 0. The van der Waals surface area contributed by atoms with Crippen LogP contribution in [0.15, 0.2) is 0 Å². The normalized spacial score (nSPS) is 20.1. The molecular formula is C10H18N2O3. The van der Waals surface area contributed by atoms with Gasteiger partial charge in [0.15, 0.2) is 0 Å². The lowest BCUT2D eigenvalue weighted by Gasteiger charge is -2.37. The predicted octanol–water partition coefficient (Wildman–Crippen LogP) is -0.0346. The molecule has 1 fully saturated rings. The Balaban J connectivity index is 2.42. The Morgan fingerprint density at radius 2 is 2.07 bits per heavy atom. The predicted molar refractivity (Wildman–Crippen MR) is 55.5 cm³/mol. The second kappa shape index (κ2) is 4.61. The van der Waals surface area contributed by atoms with Crippen LogP contribution in [-0.2, 0) is 9.59 Å². The second-order valence-electron chi connectivity index (χ2n) is 4.17. The number of aliphatic carboxylic acids is 1. The summed E-state index contributed by atoms with van der Waals surface area (Å²) in [5.41, 5.74) is -0.705. The number of hydrogen-bond acceptors (Lipinski definition) is 3. The summed E-state index contributed by atoms with van der Waals surface area (Å²) in [5.74, 6) is -0.948. The number of amides is 1. The molecular weight excluding hydrogens is 196 g/mol. The largest absolute Gasteiger partial charge is 0.481 e. The number of carboxylic acids is 1.